The highest BCUT2D eigenvalue weighted by molar-refractivity contribution is 5.97. The third-order valence-corrected chi connectivity index (χ3v) is 13.0. The second kappa shape index (κ2) is 20.9. The number of nitrogens with zero attached hydrogens (tertiary/aromatic N) is 2. The molecular formula is C50H72F2N8O8. The van der Waals surface area contributed by atoms with Gasteiger partial charge >= 0.3 is 0 Å². The molecule has 0 radical (unpaired) electrons. The highest BCUT2D eigenvalue weighted by Crippen LogP contribution is 2.40. The maximum absolute atomic E-state index is 15.0. The van der Waals surface area contributed by atoms with Crippen LogP contribution < -0.4 is 21.3 Å². The van der Waals surface area contributed by atoms with Crippen LogP contribution >= 0.6 is 0 Å². The van der Waals surface area contributed by atoms with Crippen molar-refractivity contribution in [1.82, 2.24) is 41.0 Å². The number of amides is 4. The normalized spacial score (nSPS) is 21.8. The predicted octanol–water partition coefficient (Wildman–Crippen LogP) is 4.20. The van der Waals surface area contributed by atoms with Gasteiger partial charge in [-0.3, -0.25) is 19.2 Å². The van der Waals surface area contributed by atoms with Crippen molar-refractivity contribution in [3.8, 4) is 11.4 Å². The molecule has 2 aliphatic heterocycles. The van der Waals surface area contributed by atoms with E-state index in [9.17, 15) is 29.4 Å². The number of aliphatic hydroxyl groups excluding tert-OH is 2. The molecule has 8 N–H and O–H groups in total. The van der Waals surface area contributed by atoms with E-state index in [0.717, 1.165) is 0 Å². The average Bonchev–Trinajstić information content (AvgIpc) is 4.01. The number of β-amino-alcohol motifs (C(OH)–C–C–N with tert-alkyl or cyclic N) is 2. The number of benzene rings is 2. The van der Waals surface area contributed by atoms with E-state index in [0.29, 0.717) is 44.3 Å². The minimum atomic E-state index is -1.10. The zero-order chi connectivity index (χ0) is 50.2. The second-order valence-corrected chi connectivity index (χ2v) is 20.7. The van der Waals surface area contributed by atoms with E-state index < -0.39 is 107 Å². The van der Waals surface area contributed by atoms with Crippen LogP contribution in [0.4, 0.5) is 8.78 Å². The molecule has 4 heterocycles. The van der Waals surface area contributed by atoms with Gasteiger partial charge in [-0.05, 0) is 157 Å². The molecule has 0 bridgehead atoms. The Labute approximate surface area is 397 Å². The van der Waals surface area contributed by atoms with Gasteiger partial charge in [-0.2, -0.15) is 0 Å². The minimum absolute atomic E-state index is 0.00841. The van der Waals surface area contributed by atoms with Gasteiger partial charge in [0.05, 0.1) is 59.1 Å². The summed E-state index contributed by atoms with van der Waals surface area (Å²) >= 11 is 0. The number of nitrogens with one attached hydrogen (secondary N) is 6. The minimum Gasteiger partial charge on any atom is -0.391 e. The molecule has 0 aliphatic carbocycles. The van der Waals surface area contributed by atoms with Gasteiger partial charge in [0, 0.05) is 47.0 Å². The lowest BCUT2D eigenvalue weighted by molar-refractivity contribution is -0.146. The van der Waals surface area contributed by atoms with Crippen molar-refractivity contribution in [3.05, 3.63) is 59.2 Å². The topological polar surface area (TPSA) is 213 Å². The molecule has 0 unspecified atom stereocenters. The molecule has 2 aliphatic rings. The van der Waals surface area contributed by atoms with E-state index in [2.05, 4.69) is 31.2 Å². The Morgan fingerprint density at radius 1 is 0.662 bits per heavy atom. The largest absolute Gasteiger partial charge is 0.391 e. The smallest absolute Gasteiger partial charge is 0.248 e. The lowest BCUT2D eigenvalue weighted by Crippen LogP contribution is -2.58. The van der Waals surface area contributed by atoms with Gasteiger partial charge in [-0.1, -0.05) is 0 Å². The van der Waals surface area contributed by atoms with Crippen molar-refractivity contribution in [1.29, 1.82) is 0 Å². The van der Waals surface area contributed by atoms with Gasteiger partial charge in [-0.15, -0.1) is 0 Å². The predicted molar refractivity (Wildman–Crippen MR) is 257 cm³/mol. The van der Waals surface area contributed by atoms with Gasteiger partial charge in [0.2, 0.25) is 23.6 Å². The SMILES string of the molecule is CN[C@@H](C)C(=O)N[C@H](C(=O)N1C[C@@H](O)C[C@H]1Cc1c(-c2[nH]c3cc(F)ccc3c2C[C@@H]2C[C@H](O)CN2C(=O)[C@@H](NC(=O)[C@H](C)NC)[C@H](C)OC(C)(C)C)[nH]c2cc(F)ccc12)[C@H](C)OC(C)(C)C. The Hall–Kier alpha value is -4.98. The van der Waals surface area contributed by atoms with Crippen molar-refractivity contribution < 1.29 is 47.6 Å². The summed E-state index contributed by atoms with van der Waals surface area (Å²) in [7, 11) is 3.29. The highest BCUT2D eigenvalue weighted by Gasteiger charge is 2.44. The number of H-pyrrole nitrogens is 2. The van der Waals surface area contributed by atoms with Crippen molar-refractivity contribution in [3.63, 3.8) is 0 Å². The summed E-state index contributed by atoms with van der Waals surface area (Å²) in [6.45, 7) is 17.9. The molecule has 0 spiro atoms. The van der Waals surface area contributed by atoms with Crippen LogP contribution in [-0.2, 0) is 41.5 Å². The molecule has 10 atom stereocenters. The summed E-state index contributed by atoms with van der Waals surface area (Å²) in [4.78, 5) is 66.1. The van der Waals surface area contributed by atoms with E-state index in [-0.39, 0.29) is 38.8 Å². The summed E-state index contributed by atoms with van der Waals surface area (Å²) in [6, 6.07) is 4.11. The zero-order valence-corrected chi connectivity index (χ0v) is 41.5. The fraction of sp³-hybridized carbons (Fsp3) is 0.600. The summed E-state index contributed by atoms with van der Waals surface area (Å²) in [5.74, 6) is -2.65. The molecule has 2 aromatic carbocycles. The molecule has 6 rings (SSSR count). The van der Waals surface area contributed by atoms with Gasteiger partial charge in [0.1, 0.15) is 23.7 Å². The molecular weight excluding hydrogens is 879 g/mol. The number of carbonyl (C=O) groups is 4. The first kappa shape index (κ1) is 52.4. The lowest BCUT2D eigenvalue weighted by atomic mass is 9.94. The van der Waals surface area contributed by atoms with Crippen molar-refractivity contribution >= 4 is 45.4 Å². The number of rotatable bonds is 17. The standard InChI is InChI=1S/C50H72F2N8O8/c1-25(53-11)45(63)57-41(27(3)67-49(5,6)7)47(65)59-23-33(61)19-31(59)21-37-35-15-13-29(51)17-39(35)55-43(37)44-38(36-16-14-30(52)18-40(36)56-44)22-32-20-34(62)24-60(32)48(66)42(28(4)68-50(8,9)10)58-46(64)26(2)54-12/h13-18,25-28,31-34,41-42,53-56,61-62H,19-24H2,1-12H3,(H,57,63)(H,58,64)/t25-,26-,27-,28-,31-,32-,33-,34-,41-,42-/m0/s1. The maximum atomic E-state index is 15.0. The highest BCUT2D eigenvalue weighted by atomic mass is 19.1. The molecule has 4 amide bonds. The van der Waals surface area contributed by atoms with E-state index in [1.54, 1.807) is 63.7 Å². The maximum Gasteiger partial charge on any atom is 0.248 e. The lowest BCUT2D eigenvalue weighted by Gasteiger charge is -2.35. The molecule has 68 heavy (non-hydrogen) atoms. The van der Waals surface area contributed by atoms with Crippen LogP contribution in [0.2, 0.25) is 0 Å². The fourth-order valence-corrected chi connectivity index (χ4v) is 9.68. The van der Waals surface area contributed by atoms with Crippen molar-refractivity contribution in [2.24, 2.45) is 0 Å². The molecule has 2 fully saturated rings. The molecule has 2 saturated heterocycles. The number of aromatic amines is 2. The van der Waals surface area contributed by atoms with Crippen LogP contribution in [0.5, 0.6) is 0 Å². The van der Waals surface area contributed by atoms with Crippen LogP contribution in [-0.4, -0.2) is 153 Å². The second-order valence-electron chi connectivity index (χ2n) is 20.7. The summed E-state index contributed by atoms with van der Waals surface area (Å²) in [5.41, 5.74) is 2.02. The number of likely N-dealkylation sites (tertiary alicyclic amines) is 2. The van der Waals surface area contributed by atoms with Gasteiger partial charge in [-0.25, -0.2) is 8.78 Å². The van der Waals surface area contributed by atoms with E-state index in [1.165, 1.54) is 24.3 Å². The molecule has 18 heteroatoms. The van der Waals surface area contributed by atoms with Crippen LogP contribution in [0.1, 0.15) is 93.2 Å². The Balaban J connectivity index is 1.43. The van der Waals surface area contributed by atoms with E-state index in [4.69, 9.17) is 9.47 Å². The summed E-state index contributed by atoms with van der Waals surface area (Å²) < 4.78 is 42.5. The average molecular weight is 951 g/mol. The quantitative estimate of drug-likeness (QED) is 0.0756. The fourth-order valence-electron chi connectivity index (χ4n) is 9.68. The van der Waals surface area contributed by atoms with Crippen LogP contribution in [0.25, 0.3) is 33.2 Å². The number of carbonyl (C=O) groups excluding carboxylic acids is 4. The third kappa shape index (κ3) is 12.1. The van der Waals surface area contributed by atoms with E-state index >= 15 is 8.78 Å². The number of ether oxygens (including phenoxy) is 2. The molecule has 16 nitrogen and oxygen atoms in total. The third-order valence-electron chi connectivity index (χ3n) is 13.0. The van der Waals surface area contributed by atoms with Crippen LogP contribution in [0.15, 0.2) is 36.4 Å². The monoisotopic (exact) mass is 951 g/mol. The first-order chi connectivity index (χ1) is 31.8. The summed E-state index contributed by atoms with van der Waals surface area (Å²) in [6.07, 6.45) is -2.54. The Morgan fingerprint density at radius 3 is 1.34 bits per heavy atom. The summed E-state index contributed by atoms with van der Waals surface area (Å²) in [5, 5.41) is 35.3. The van der Waals surface area contributed by atoms with Gasteiger partial charge in [0.15, 0.2) is 0 Å². The Kier molecular flexibility index (Phi) is 16.1. The van der Waals surface area contributed by atoms with Gasteiger partial charge in [0.25, 0.3) is 0 Å². The number of aromatic nitrogens is 2. The van der Waals surface area contributed by atoms with Crippen molar-refractivity contribution in [2.45, 2.75) is 167 Å². The zero-order valence-electron chi connectivity index (χ0n) is 41.5. The first-order valence-electron chi connectivity index (χ1n) is 23.7. The number of fused-ring (bicyclic) bond motifs is 2. The number of likely N-dealkylation sites (N-methyl/N-ethyl adjacent to an activating group) is 2. The number of aliphatic hydroxyl groups is 2. The molecule has 374 valence electrons. The van der Waals surface area contributed by atoms with Crippen molar-refractivity contribution in [2.75, 3.05) is 27.2 Å². The molecule has 4 aromatic rings. The number of hydrogen-bond acceptors (Lipinski definition) is 10. The van der Waals surface area contributed by atoms with E-state index in [1.807, 2.05) is 41.5 Å². The first-order valence-corrected chi connectivity index (χ1v) is 23.7. The number of halogens is 2. The molecule has 0 saturated carbocycles. The van der Waals surface area contributed by atoms with Crippen LogP contribution in [0, 0.1) is 11.6 Å². The Morgan fingerprint density at radius 2 is 1.01 bits per heavy atom. The van der Waals surface area contributed by atoms with Crippen LogP contribution in [0.3, 0.4) is 0 Å². The van der Waals surface area contributed by atoms with Gasteiger partial charge < -0.3 is 60.7 Å². The Bertz CT molecular complexity index is 2290. The molecule has 2 aromatic heterocycles. The number of hydrogen-bond donors (Lipinski definition) is 8.